The molecule has 2 bridgehead atoms. The van der Waals surface area contributed by atoms with Gasteiger partial charge in [0.25, 0.3) is 11.8 Å². The van der Waals surface area contributed by atoms with Crippen molar-refractivity contribution in [3.8, 4) is 5.88 Å². The molecule has 0 radical (unpaired) electrons. The fourth-order valence-electron chi connectivity index (χ4n) is 9.28. The van der Waals surface area contributed by atoms with E-state index in [4.69, 9.17) is 9.47 Å². The first-order valence-corrected chi connectivity index (χ1v) is 21.9. The molecular weight excluding hydrogens is 801 g/mol. The molecule has 322 valence electrons. The van der Waals surface area contributed by atoms with Gasteiger partial charge in [0.15, 0.2) is 5.69 Å². The first kappa shape index (κ1) is 41.4. The lowest BCUT2D eigenvalue weighted by Crippen LogP contribution is -2.60. The van der Waals surface area contributed by atoms with Gasteiger partial charge in [-0.1, -0.05) is 39.3 Å². The maximum absolute atomic E-state index is 16.3. The molecule has 4 aliphatic carbocycles. The van der Waals surface area contributed by atoms with E-state index in [1.54, 1.807) is 45.0 Å². The molecule has 0 unspecified atom stereocenters. The Bertz CT molecular complexity index is 2170. The smallest absolute Gasteiger partial charge is 0.408 e. The van der Waals surface area contributed by atoms with Crippen molar-refractivity contribution in [1.29, 1.82) is 0 Å². The lowest BCUT2D eigenvalue weighted by atomic mass is 9.85. The molecule has 2 aromatic rings. The number of alkyl halides is 4. The summed E-state index contributed by atoms with van der Waals surface area (Å²) in [6.45, 7) is 6.06. The van der Waals surface area contributed by atoms with Crippen molar-refractivity contribution < 1.29 is 54.6 Å². The largest absolute Gasteiger partial charge is 0.471 e. The first-order valence-electron chi connectivity index (χ1n) is 20.4. The Balaban J connectivity index is 1.15. The van der Waals surface area contributed by atoms with Crippen molar-refractivity contribution in [2.75, 3.05) is 6.54 Å². The number of aromatic nitrogens is 2. The fraction of sp³-hybridized carbons (Fsp3) is 0.700. The Morgan fingerprint density at radius 3 is 2.32 bits per heavy atom. The quantitative estimate of drug-likeness (QED) is 0.336. The zero-order valence-electron chi connectivity index (χ0n) is 33.3. The summed E-state index contributed by atoms with van der Waals surface area (Å²) in [4.78, 5) is 66.0. The van der Waals surface area contributed by atoms with Crippen LogP contribution in [0, 0.1) is 29.1 Å². The van der Waals surface area contributed by atoms with Crippen molar-refractivity contribution >= 4 is 44.9 Å². The lowest BCUT2D eigenvalue weighted by molar-refractivity contribution is -0.143. The summed E-state index contributed by atoms with van der Waals surface area (Å²) >= 11 is 0. The van der Waals surface area contributed by atoms with Crippen molar-refractivity contribution in [3.63, 3.8) is 0 Å². The van der Waals surface area contributed by atoms with E-state index in [0.29, 0.717) is 31.1 Å². The number of hydrogen-bond donors (Lipinski definition) is 3. The number of nitrogens with zero attached hydrogens (tertiary/aromatic N) is 3. The number of alkyl carbamates (subject to hydrolysis) is 1. The number of carbonyl (C=O) groups excluding carboxylic acids is 4. The van der Waals surface area contributed by atoms with Crippen LogP contribution >= 0.6 is 0 Å². The van der Waals surface area contributed by atoms with Crippen LogP contribution in [0.15, 0.2) is 24.3 Å². The minimum atomic E-state index is -4.29. The zero-order chi connectivity index (χ0) is 42.4. The van der Waals surface area contributed by atoms with Gasteiger partial charge in [-0.05, 0) is 87.2 Å². The molecule has 1 saturated heterocycles. The number of hydrogen-bond acceptors (Lipinski definition) is 10. The van der Waals surface area contributed by atoms with E-state index in [-0.39, 0.29) is 42.6 Å². The third-order valence-electron chi connectivity index (χ3n) is 13.4. The van der Waals surface area contributed by atoms with Gasteiger partial charge in [0.2, 0.25) is 34.1 Å². The maximum Gasteiger partial charge on any atom is 0.408 e. The summed E-state index contributed by atoms with van der Waals surface area (Å²) in [5.41, 5.74) is -3.58. The molecule has 3 heterocycles. The van der Waals surface area contributed by atoms with Gasteiger partial charge in [0.05, 0.1) is 28.2 Å². The number of sulfonamides is 1. The average Bonchev–Trinajstić information content (AvgIpc) is 4.11. The molecule has 59 heavy (non-hydrogen) atoms. The van der Waals surface area contributed by atoms with Crippen LogP contribution in [0.3, 0.4) is 0 Å². The van der Waals surface area contributed by atoms with E-state index in [2.05, 4.69) is 20.6 Å². The van der Waals surface area contributed by atoms with Gasteiger partial charge in [-0.3, -0.25) is 19.1 Å². The minimum Gasteiger partial charge on any atom is -0.471 e. The third kappa shape index (κ3) is 7.80. The number of benzene rings is 1. The highest BCUT2D eigenvalue weighted by Crippen LogP contribution is 2.58. The number of carbonyl (C=O) groups is 4. The summed E-state index contributed by atoms with van der Waals surface area (Å²) in [6.07, 6.45) is -3.97. The number of amides is 4. The fourth-order valence-corrected chi connectivity index (χ4v) is 10.6. The molecule has 8 rings (SSSR count). The van der Waals surface area contributed by atoms with Crippen LogP contribution in [0.1, 0.15) is 97.6 Å². The van der Waals surface area contributed by atoms with Crippen LogP contribution in [0.2, 0.25) is 0 Å². The summed E-state index contributed by atoms with van der Waals surface area (Å²) in [6, 6.07) is 3.53. The highest BCUT2D eigenvalue weighted by Gasteiger charge is 2.67. The van der Waals surface area contributed by atoms with Crippen molar-refractivity contribution in [3.05, 3.63) is 30.0 Å². The topological polar surface area (TPSA) is 186 Å². The summed E-state index contributed by atoms with van der Waals surface area (Å²) in [5, 5.41) is 5.07. The number of para-hydroxylation sites is 2. The van der Waals surface area contributed by atoms with Gasteiger partial charge >= 0.3 is 6.09 Å². The highest BCUT2D eigenvalue weighted by molar-refractivity contribution is 7.91. The van der Waals surface area contributed by atoms with Crippen LogP contribution in [0.4, 0.5) is 22.4 Å². The Labute approximate surface area is 339 Å². The zero-order valence-corrected chi connectivity index (χ0v) is 34.1. The van der Waals surface area contributed by atoms with E-state index in [1.807, 2.05) is 4.72 Å². The molecule has 5 fully saturated rings. The standard InChI is InChI=1S/C40H50F4N6O8S/c1-37(2,3)30-34(52)50-19-21(17-27(50)32(51)48-39(18-24(39)31(41)42)35(53)49-59(55,56)38(4)13-14-38)57-33-29(45-25-10-5-6-11-26(25)46-33)40(43,44)12-8-7-9-22-23-15-20(23)16-28(22)58-36(54)47-30/h5-6,10-11,20-24,27-28,30-31H,7-9,12-19H2,1-4H3,(H,47,54)(H,48,51)(H,49,53)/t20-,21+,22+,23-,24-,27-,28+,30+,39+/m0/s1. The molecule has 3 N–H and O–H groups in total. The highest BCUT2D eigenvalue weighted by atomic mass is 32.2. The minimum absolute atomic E-state index is 0.0417. The van der Waals surface area contributed by atoms with E-state index in [1.165, 1.54) is 6.92 Å². The summed E-state index contributed by atoms with van der Waals surface area (Å²) < 4.78 is 99.8. The second kappa shape index (κ2) is 14.4. The molecule has 0 spiro atoms. The molecule has 19 heteroatoms. The maximum atomic E-state index is 16.3. The predicted molar refractivity (Wildman–Crippen MR) is 202 cm³/mol. The van der Waals surface area contributed by atoms with Crippen molar-refractivity contribution in [2.45, 2.75) is 139 Å². The molecule has 2 aliphatic heterocycles. The van der Waals surface area contributed by atoms with Crippen LogP contribution in [0.5, 0.6) is 5.88 Å². The summed E-state index contributed by atoms with van der Waals surface area (Å²) in [5.74, 6) is -8.33. The molecule has 9 atom stereocenters. The second-order valence-electron chi connectivity index (χ2n) is 18.7. The number of fused-ring (bicyclic) bond motifs is 7. The average molecular weight is 851 g/mol. The van der Waals surface area contributed by atoms with E-state index < -0.39 is 123 Å². The Hall–Kier alpha value is -4.29. The van der Waals surface area contributed by atoms with Gasteiger partial charge in [-0.15, -0.1) is 0 Å². The van der Waals surface area contributed by atoms with Gasteiger partial charge in [-0.25, -0.2) is 32.0 Å². The Kier molecular flexibility index (Phi) is 10.1. The SMILES string of the molecule is CC(C)(C)[C@@H]1NC(=O)O[C@@H]2C[C@@H]3C[C@@H]3[C@H]2CCCCC(F)(F)c2nc3ccccc3nc2O[C@@H]2C[C@@H](C(=O)N[C@]3(C(=O)NS(=O)(=O)C4(C)CC4)C[C@H]3C(F)F)N(C2)C1=O. The van der Waals surface area contributed by atoms with Crippen LogP contribution in [0.25, 0.3) is 11.0 Å². The number of halogens is 4. The molecule has 1 aromatic carbocycles. The van der Waals surface area contributed by atoms with Crippen LogP contribution in [-0.4, -0.2) is 94.6 Å². The Morgan fingerprint density at radius 2 is 1.68 bits per heavy atom. The predicted octanol–water partition coefficient (Wildman–Crippen LogP) is 4.95. The molecule has 14 nitrogen and oxygen atoms in total. The lowest BCUT2D eigenvalue weighted by Gasteiger charge is -2.36. The molecule has 4 saturated carbocycles. The normalized spacial score (nSPS) is 33.9. The molecule has 4 amide bonds. The van der Waals surface area contributed by atoms with Gasteiger partial charge in [-0.2, -0.15) is 8.78 Å². The van der Waals surface area contributed by atoms with Crippen LogP contribution in [-0.2, 0) is 35.1 Å². The molecular formula is C40H50F4N6O8S. The molecule has 6 aliphatic rings. The number of rotatable bonds is 6. The van der Waals surface area contributed by atoms with E-state index in [0.717, 1.165) is 11.3 Å². The van der Waals surface area contributed by atoms with Gasteiger partial charge < -0.3 is 25.0 Å². The monoisotopic (exact) mass is 850 g/mol. The first-order chi connectivity index (χ1) is 27.6. The van der Waals surface area contributed by atoms with Crippen molar-refractivity contribution in [2.24, 2.45) is 29.1 Å². The summed E-state index contributed by atoms with van der Waals surface area (Å²) in [7, 11) is -4.29. The number of nitrogens with one attached hydrogen (secondary N) is 3. The Morgan fingerprint density at radius 1 is 0.983 bits per heavy atom. The van der Waals surface area contributed by atoms with E-state index >= 15 is 8.78 Å². The number of ether oxygens (including phenoxy) is 2. The van der Waals surface area contributed by atoms with Crippen LogP contribution < -0.4 is 20.1 Å². The third-order valence-corrected chi connectivity index (χ3v) is 15.5. The van der Waals surface area contributed by atoms with Gasteiger partial charge in [0, 0.05) is 12.8 Å². The molecule has 1 aromatic heterocycles. The van der Waals surface area contributed by atoms with E-state index in [9.17, 15) is 36.4 Å². The van der Waals surface area contributed by atoms with Crippen molar-refractivity contribution in [1.82, 2.24) is 30.2 Å². The van der Waals surface area contributed by atoms with Gasteiger partial charge in [0.1, 0.15) is 29.8 Å². The second-order valence-corrected chi connectivity index (χ2v) is 20.9.